The van der Waals surface area contributed by atoms with E-state index in [2.05, 4.69) is 5.32 Å². The van der Waals surface area contributed by atoms with Gasteiger partial charge in [-0.05, 0) is 31.2 Å². The van der Waals surface area contributed by atoms with E-state index in [0.29, 0.717) is 5.56 Å². The number of halogens is 1. The average Bonchev–Trinajstić information content (AvgIpc) is 2.17. The summed E-state index contributed by atoms with van der Waals surface area (Å²) < 4.78 is 12.6. The molecule has 0 unspecified atom stereocenters. The number of nitrogens with one attached hydrogen (secondary N) is 1. The van der Waals surface area contributed by atoms with Crippen molar-refractivity contribution in [2.24, 2.45) is 0 Å². The zero-order chi connectivity index (χ0) is 11.4. The van der Waals surface area contributed by atoms with Crippen LogP contribution in [0.2, 0.25) is 0 Å². The molecule has 1 aromatic rings. The van der Waals surface area contributed by atoms with E-state index in [4.69, 9.17) is 0 Å². The Bertz CT molecular complexity index is 373. The van der Waals surface area contributed by atoms with E-state index >= 15 is 0 Å². The molecule has 0 aromatic heterocycles. The van der Waals surface area contributed by atoms with E-state index in [0.717, 1.165) is 0 Å². The summed E-state index contributed by atoms with van der Waals surface area (Å²) in [6.07, 6.45) is 0. The van der Waals surface area contributed by atoms with E-state index in [1.165, 1.54) is 31.2 Å². The summed E-state index contributed by atoms with van der Waals surface area (Å²) in [5.41, 5.74) is 0.387. The molecule has 4 heteroatoms. The molecule has 15 heavy (non-hydrogen) atoms. The van der Waals surface area contributed by atoms with Crippen LogP contribution in [0.15, 0.2) is 24.3 Å². The molecule has 0 saturated carbocycles. The lowest BCUT2D eigenvalue weighted by Crippen LogP contribution is -2.37. The maximum Gasteiger partial charge on any atom is 0.217 e. The van der Waals surface area contributed by atoms with E-state index in [9.17, 15) is 14.0 Å². The number of rotatable bonds is 3. The normalized spacial score (nSPS) is 11.9. The Morgan fingerprint density at radius 1 is 1.27 bits per heavy atom. The first-order valence-corrected chi connectivity index (χ1v) is 4.57. The van der Waals surface area contributed by atoms with Crippen LogP contribution in [-0.2, 0) is 4.79 Å². The van der Waals surface area contributed by atoms with Crippen LogP contribution in [-0.4, -0.2) is 17.7 Å². The van der Waals surface area contributed by atoms with Crippen molar-refractivity contribution in [3.05, 3.63) is 35.6 Å². The van der Waals surface area contributed by atoms with Crippen LogP contribution >= 0.6 is 0 Å². The second-order valence-electron chi connectivity index (χ2n) is 3.29. The zero-order valence-electron chi connectivity index (χ0n) is 8.58. The molecule has 0 saturated heterocycles. The fourth-order valence-electron chi connectivity index (χ4n) is 1.23. The van der Waals surface area contributed by atoms with Crippen LogP contribution in [0.3, 0.4) is 0 Å². The molecule has 80 valence electrons. The molecule has 1 N–H and O–H groups in total. The summed E-state index contributed by atoms with van der Waals surface area (Å²) in [5, 5.41) is 2.47. The Labute approximate surface area is 87.3 Å². The summed E-state index contributed by atoms with van der Waals surface area (Å²) in [6.45, 7) is 2.93. The molecule has 1 rings (SSSR count). The first kappa shape index (κ1) is 11.4. The third-order valence-corrected chi connectivity index (χ3v) is 1.94. The number of Topliss-reactive ketones (excluding diaryl/α,β-unsaturated/α-hetero) is 1. The molecule has 0 aliphatic heterocycles. The van der Waals surface area contributed by atoms with Crippen molar-refractivity contribution in [1.82, 2.24) is 5.32 Å². The zero-order valence-corrected chi connectivity index (χ0v) is 8.58. The molecular formula is C11H12FNO2. The fourth-order valence-corrected chi connectivity index (χ4v) is 1.23. The fraction of sp³-hybridized carbons (Fsp3) is 0.273. The van der Waals surface area contributed by atoms with Gasteiger partial charge in [0.2, 0.25) is 5.91 Å². The van der Waals surface area contributed by atoms with Gasteiger partial charge >= 0.3 is 0 Å². The van der Waals surface area contributed by atoms with E-state index in [1.807, 2.05) is 0 Å². The van der Waals surface area contributed by atoms with Gasteiger partial charge in [-0.3, -0.25) is 9.59 Å². The molecule has 1 aromatic carbocycles. The van der Waals surface area contributed by atoms with Crippen LogP contribution in [0.5, 0.6) is 0 Å². The van der Waals surface area contributed by atoms with Gasteiger partial charge in [-0.1, -0.05) is 0 Å². The minimum atomic E-state index is -0.590. The highest BCUT2D eigenvalue weighted by Crippen LogP contribution is 2.05. The van der Waals surface area contributed by atoms with Crippen molar-refractivity contribution < 1.29 is 14.0 Å². The molecule has 0 bridgehead atoms. The highest BCUT2D eigenvalue weighted by atomic mass is 19.1. The van der Waals surface area contributed by atoms with Gasteiger partial charge in [-0.15, -0.1) is 0 Å². The van der Waals surface area contributed by atoms with Crippen molar-refractivity contribution in [2.45, 2.75) is 19.9 Å². The quantitative estimate of drug-likeness (QED) is 0.767. The number of hydrogen-bond acceptors (Lipinski definition) is 2. The van der Waals surface area contributed by atoms with Crippen molar-refractivity contribution >= 4 is 11.7 Å². The van der Waals surface area contributed by atoms with Crippen LogP contribution in [0.4, 0.5) is 4.39 Å². The maximum atomic E-state index is 12.6. The second kappa shape index (κ2) is 4.68. The summed E-state index contributed by atoms with van der Waals surface area (Å²) in [4.78, 5) is 22.4. The van der Waals surface area contributed by atoms with E-state index in [-0.39, 0.29) is 11.7 Å². The largest absolute Gasteiger partial charge is 0.346 e. The first-order valence-electron chi connectivity index (χ1n) is 4.57. The maximum absolute atomic E-state index is 12.6. The van der Waals surface area contributed by atoms with Crippen molar-refractivity contribution in [3.63, 3.8) is 0 Å². The number of benzene rings is 1. The molecule has 0 aliphatic carbocycles. The lowest BCUT2D eigenvalue weighted by atomic mass is 10.1. The third-order valence-electron chi connectivity index (χ3n) is 1.94. The molecule has 1 atom stereocenters. The van der Waals surface area contributed by atoms with Crippen LogP contribution < -0.4 is 5.32 Å². The summed E-state index contributed by atoms with van der Waals surface area (Å²) in [7, 11) is 0. The van der Waals surface area contributed by atoms with Crippen molar-refractivity contribution in [3.8, 4) is 0 Å². The predicted octanol–water partition coefficient (Wildman–Crippen LogP) is 1.53. The van der Waals surface area contributed by atoms with Crippen LogP contribution in [0, 0.1) is 5.82 Å². The predicted molar refractivity (Wildman–Crippen MR) is 54.0 cm³/mol. The van der Waals surface area contributed by atoms with Gasteiger partial charge in [0, 0.05) is 12.5 Å². The number of ketones is 1. The number of carbonyl (C=O) groups excluding carboxylic acids is 2. The number of hydrogen-bond donors (Lipinski definition) is 1. The highest BCUT2D eigenvalue weighted by molar-refractivity contribution is 6.01. The van der Waals surface area contributed by atoms with E-state index in [1.54, 1.807) is 6.92 Å². The minimum Gasteiger partial charge on any atom is -0.346 e. The summed E-state index contributed by atoms with van der Waals surface area (Å²) in [5.74, 6) is -0.887. The van der Waals surface area contributed by atoms with Gasteiger partial charge in [0.15, 0.2) is 5.78 Å². The Kier molecular flexibility index (Phi) is 3.55. The topological polar surface area (TPSA) is 46.2 Å². The van der Waals surface area contributed by atoms with Crippen molar-refractivity contribution in [1.29, 1.82) is 0 Å². The number of amides is 1. The SMILES string of the molecule is CC(=O)N[C@@H](C)C(=O)c1ccc(F)cc1. The molecule has 0 aliphatic rings. The minimum absolute atomic E-state index is 0.231. The highest BCUT2D eigenvalue weighted by Gasteiger charge is 2.15. The Morgan fingerprint density at radius 3 is 2.27 bits per heavy atom. The molecule has 0 heterocycles. The summed E-state index contributed by atoms with van der Waals surface area (Å²) >= 11 is 0. The lowest BCUT2D eigenvalue weighted by Gasteiger charge is -2.10. The molecule has 3 nitrogen and oxygen atoms in total. The van der Waals surface area contributed by atoms with Gasteiger partial charge < -0.3 is 5.32 Å². The first-order chi connectivity index (χ1) is 7.00. The van der Waals surface area contributed by atoms with Gasteiger partial charge in [0.1, 0.15) is 5.82 Å². The third kappa shape index (κ3) is 3.16. The molecule has 1 amide bonds. The van der Waals surface area contributed by atoms with Crippen LogP contribution in [0.1, 0.15) is 24.2 Å². The Balaban J connectivity index is 2.76. The summed E-state index contributed by atoms with van der Waals surface area (Å²) in [6, 6.07) is 4.64. The van der Waals surface area contributed by atoms with Crippen molar-refractivity contribution in [2.75, 3.05) is 0 Å². The monoisotopic (exact) mass is 209 g/mol. The van der Waals surface area contributed by atoms with Gasteiger partial charge in [0.05, 0.1) is 6.04 Å². The molecule has 0 spiro atoms. The van der Waals surface area contributed by atoms with Gasteiger partial charge in [-0.25, -0.2) is 4.39 Å². The van der Waals surface area contributed by atoms with Gasteiger partial charge in [0.25, 0.3) is 0 Å². The molecule has 0 radical (unpaired) electrons. The Hall–Kier alpha value is -1.71. The average molecular weight is 209 g/mol. The second-order valence-corrected chi connectivity index (χ2v) is 3.29. The molecular weight excluding hydrogens is 197 g/mol. The van der Waals surface area contributed by atoms with E-state index < -0.39 is 11.9 Å². The standard InChI is InChI=1S/C11H12FNO2/c1-7(13-8(2)14)11(15)9-3-5-10(12)6-4-9/h3-7H,1-2H3,(H,13,14)/t7-/m0/s1. The number of carbonyl (C=O) groups is 2. The van der Waals surface area contributed by atoms with Gasteiger partial charge in [-0.2, -0.15) is 0 Å². The Morgan fingerprint density at radius 2 is 1.80 bits per heavy atom. The smallest absolute Gasteiger partial charge is 0.217 e. The lowest BCUT2D eigenvalue weighted by molar-refractivity contribution is -0.119. The molecule has 0 fully saturated rings. The van der Waals surface area contributed by atoms with Crippen LogP contribution in [0.25, 0.3) is 0 Å².